The van der Waals surface area contributed by atoms with Crippen LogP contribution in [0.25, 0.3) is 32.2 Å². The number of fused-ring (bicyclic) bond motifs is 1. The van der Waals surface area contributed by atoms with Crippen molar-refractivity contribution in [3.63, 3.8) is 0 Å². The van der Waals surface area contributed by atoms with Gasteiger partial charge in [0.15, 0.2) is 10.5 Å². The van der Waals surface area contributed by atoms with Crippen molar-refractivity contribution in [3.8, 4) is 45.4 Å². The molecule has 4 heterocycles. The van der Waals surface area contributed by atoms with Crippen molar-refractivity contribution >= 4 is 21.8 Å². The summed E-state index contributed by atoms with van der Waals surface area (Å²) in [6, 6.07) is 11.5. The van der Waals surface area contributed by atoms with Crippen molar-refractivity contribution in [3.05, 3.63) is 71.1 Å². The van der Waals surface area contributed by atoms with Gasteiger partial charge in [-0.15, -0.1) is 0 Å². The molecule has 0 aliphatic carbocycles. The van der Waals surface area contributed by atoms with Gasteiger partial charge in [-0.05, 0) is 55.5 Å². The van der Waals surface area contributed by atoms with E-state index in [1.807, 2.05) is 38.1 Å². The number of H-pyrrole nitrogens is 1. The van der Waals surface area contributed by atoms with Crippen molar-refractivity contribution in [1.82, 2.24) is 30.1 Å². The molecule has 0 aliphatic rings. The fraction of sp³-hybridized carbons (Fsp3) is 0.120. The number of pyridine rings is 1. The fourth-order valence-corrected chi connectivity index (χ4v) is 4.39. The molecular weight excluding hydrogens is 446 g/mol. The van der Waals surface area contributed by atoms with Crippen LogP contribution in [0.5, 0.6) is 5.75 Å². The first-order valence-electron chi connectivity index (χ1n) is 10.3. The van der Waals surface area contributed by atoms with Crippen molar-refractivity contribution in [2.24, 2.45) is 0 Å². The number of nitrogens with zero attached hydrogens (tertiary/aromatic N) is 6. The minimum atomic E-state index is 0.536. The lowest BCUT2D eigenvalue weighted by Gasteiger charge is -2.12. The largest absolute Gasteiger partial charge is 0.494 e. The summed E-state index contributed by atoms with van der Waals surface area (Å²) in [4.78, 5) is 18.8. The smallest absolute Gasteiger partial charge is 0.190 e. The summed E-state index contributed by atoms with van der Waals surface area (Å²) in [6.07, 6.45) is 3.29. The molecule has 5 aromatic rings. The van der Waals surface area contributed by atoms with E-state index < -0.39 is 0 Å². The highest BCUT2D eigenvalue weighted by atomic mass is 32.1. The Labute approximate surface area is 199 Å². The molecule has 9 heteroatoms. The molecule has 1 N–H and O–H groups in total. The Morgan fingerprint density at radius 1 is 0.941 bits per heavy atom. The quantitative estimate of drug-likeness (QED) is 0.394. The summed E-state index contributed by atoms with van der Waals surface area (Å²) in [5.41, 5.74) is 6.56. The zero-order valence-corrected chi connectivity index (χ0v) is 19.4. The van der Waals surface area contributed by atoms with Crippen LogP contribution in [0.4, 0.5) is 0 Å². The Morgan fingerprint density at radius 2 is 1.79 bits per heavy atom. The van der Waals surface area contributed by atoms with Crippen LogP contribution in [0.15, 0.2) is 42.7 Å². The second kappa shape index (κ2) is 8.74. The summed E-state index contributed by atoms with van der Waals surface area (Å²) in [5.74, 6) is 6.60. The normalized spacial score (nSPS) is 10.5. The first kappa shape index (κ1) is 21.3. The maximum absolute atomic E-state index is 9.48. The molecule has 4 aromatic heterocycles. The zero-order valence-electron chi connectivity index (χ0n) is 18.5. The first-order chi connectivity index (χ1) is 16.5. The van der Waals surface area contributed by atoms with Crippen molar-refractivity contribution in [2.45, 2.75) is 13.8 Å². The van der Waals surface area contributed by atoms with Crippen molar-refractivity contribution in [2.75, 3.05) is 7.11 Å². The number of methoxy groups -OCH3 is 1. The minimum absolute atomic E-state index is 0.536. The minimum Gasteiger partial charge on any atom is -0.494 e. The molecule has 0 fully saturated rings. The fourth-order valence-electron chi connectivity index (χ4n) is 3.45. The van der Waals surface area contributed by atoms with Crippen LogP contribution in [-0.4, -0.2) is 37.2 Å². The Balaban J connectivity index is 1.61. The number of benzene rings is 1. The number of hydrogen-bond acceptors (Lipinski definition) is 8. The number of hydrogen-bond donors (Lipinski definition) is 1. The maximum atomic E-state index is 9.48. The Hall–Kier alpha value is -4.60. The van der Waals surface area contributed by atoms with E-state index in [0.29, 0.717) is 33.2 Å². The molecule has 0 amide bonds. The van der Waals surface area contributed by atoms with Crippen molar-refractivity contribution in [1.29, 1.82) is 5.26 Å². The predicted octanol–water partition coefficient (Wildman–Crippen LogP) is 4.44. The van der Waals surface area contributed by atoms with Gasteiger partial charge in [0, 0.05) is 22.5 Å². The highest BCUT2D eigenvalue weighted by Crippen LogP contribution is 2.40. The number of aryl methyl sites for hydroxylation is 2. The molecule has 1 aromatic carbocycles. The van der Waals surface area contributed by atoms with Gasteiger partial charge in [-0.25, -0.2) is 15.0 Å². The SMILES string of the molecule is COc1cnc(C)cc1-c1cc(C#N)ccc1-c1nc2ncc(C#Cc3cc(C)[nH]n3)nc2s1. The van der Waals surface area contributed by atoms with Gasteiger partial charge in [0.05, 0.1) is 31.1 Å². The molecule has 0 aliphatic heterocycles. The van der Waals surface area contributed by atoms with Gasteiger partial charge in [-0.3, -0.25) is 10.1 Å². The number of aromatic nitrogens is 6. The molecule has 0 saturated carbocycles. The first-order valence-corrected chi connectivity index (χ1v) is 11.1. The Morgan fingerprint density at radius 3 is 2.56 bits per heavy atom. The molecule has 0 unspecified atom stereocenters. The Kier molecular flexibility index (Phi) is 5.46. The number of nitriles is 1. The van der Waals surface area contributed by atoms with E-state index in [2.05, 4.69) is 43.1 Å². The average molecular weight is 464 g/mol. The summed E-state index contributed by atoms with van der Waals surface area (Å²) >= 11 is 1.42. The van der Waals surface area contributed by atoms with E-state index >= 15 is 0 Å². The molecular formula is C25H17N7OS. The van der Waals surface area contributed by atoms with Crippen LogP contribution in [-0.2, 0) is 0 Å². The second-order valence-electron chi connectivity index (χ2n) is 7.49. The van der Waals surface area contributed by atoms with Gasteiger partial charge in [0.2, 0.25) is 0 Å². The number of aromatic amines is 1. The molecule has 164 valence electrons. The van der Waals surface area contributed by atoms with Gasteiger partial charge in [-0.1, -0.05) is 17.4 Å². The number of rotatable bonds is 3. The van der Waals surface area contributed by atoms with E-state index in [1.54, 1.807) is 25.6 Å². The van der Waals surface area contributed by atoms with Crippen LogP contribution < -0.4 is 4.74 Å². The zero-order chi connectivity index (χ0) is 23.7. The standard InChI is InChI=1S/C25H17N7OS/c1-14-9-21(22(33-3)13-27-14)20-10-16(11-26)4-7-19(20)24-30-23-25(34-24)29-18(12-28-23)6-5-17-8-15(2)31-32-17/h4,7-10,12-13H,1-3H3,(H,31,32). The average Bonchev–Trinajstić information content (AvgIpc) is 3.47. The van der Waals surface area contributed by atoms with Crippen molar-refractivity contribution < 1.29 is 4.74 Å². The summed E-state index contributed by atoms with van der Waals surface area (Å²) in [5, 5.41) is 17.2. The molecule has 8 nitrogen and oxygen atoms in total. The summed E-state index contributed by atoms with van der Waals surface area (Å²) < 4.78 is 5.55. The predicted molar refractivity (Wildman–Crippen MR) is 129 cm³/mol. The third kappa shape index (κ3) is 4.08. The molecule has 0 atom stereocenters. The lowest BCUT2D eigenvalue weighted by Crippen LogP contribution is -1.94. The number of thiazole rings is 1. The highest BCUT2D eigenvalue weighted by molar-refractivity contribution is 7.21. The van der Waals surface area contributed by atoms with E-state index in [0.717, 1.165) is 33.1 Å². The van der Waals surface area contributed by atoms with Crippen LogP contribution in [0.3, 0.4) is 0 Å². The summed E-state index contributed by atoms with van der Waals surface area (Å²) in [6.45, 7) is 3.83. The topological polar surface area (TPSA) is 113 Å². The van der Waals surface area contributed by atoms with Gasteiger partial charge < -0.3 is 4.74 Å². The maximum Gasteiger partial charge on any atom is 0.190 e. The molecule has 0 saturated heterocycles. The molecule has 5 rings (SSSR count). The van der Waals surface area contributed by atoms with E-state index in [-0.39, 0.29) is 0 Å². The number of nitrogens with one attached hydrogen (secondary N) is 1. The van der Waals surface area contributed by atoms with E-state index in [1.165, 1.54) is 11.3 Å². The molecule has 0 bridgehead atoms. The highest BCUT2D eigenvalue weighted by Gasteiger charge is 2.17. The second-order valence-corrected chi connectivity index (χ2v) is 8.46. The van der Waals surface area contributed by atoms with Crippen LogP contribution in [0, 0.1) is 37.0 Å². The van der Waals surface area contributed by atoms with Gasteiger partial charge in [-0.2, -0.15) is 10.4 Å². The number of ether oxygens (including phenoxy) is 1. The van der Waals surface area contributed by atoms with Gasteiger partial charge in [0.25, 0.3) is 0 Å². The molecule has 0 spiro atoms. The monoisotopic (exact) mass is 463 g/mol. The Bertz CT molecular complexity index is 1650. The third-order valence-corrected chi connectivity index (χ3v) is 6.01. The van der Waals surface area contributed by atoms with Crippen LogP contribution >= 0.6 is 11.3 Å². The molecule has 34 heavy (non-hydrogen) atoms. The van der Waals surface area contributed by atoms with Crippen LogP contribution in [0.1, 0.15) is 28.3 Å². The van der Waals surface area contributed by atoms with Gasteiger partial charge >= 0.3 is 0 Å². The van der Waals surface area contributed by atoms with Gasteiger partial charge in [0.1, 0.15) is 22.1 Å². The summed E-state index contributed by atoms with van der Waals surface area (Å²) in [7, 11) is 1.60. The third-order valence-electron chi connectivity index (χ3n) is 5.04. The molecule has 0 radical (unpaired) electrons. The van der Waals surface area contributed by atoms with Crippen LogP contribution in [0.2, 0.25) is 0 Å². The lowest BCUT2D eigenvalue weighted by atomic mass is 9.97. The van der Waals surface area contributed by atoms with E-state index in [9.17, 15) is 5.26 Å². The lowest BCUT2D eigenvalue weighted by molar-refractivity contribution is 0.414. The van der Waals surface area contributed by atoms with E-state index in [4.69, 9.17) is 9.72 Å².